The van der Waals surface area contributed by atoms with Gasteiger partial charge in [0.15, 0.2) is 6.29 Å². The Morgan fingerprint density at radius 2 is 1.81 bits per heavy atom. The van der Waals surface area contributed by atoms with Crippen LogP contribution in [0.15, 0.2) is 23.0 Å². The maximum atomic E-state index is 11.3. The van der Waals surface area contributed by atoms with Crippen LogP contribution in [0.5, 0.6) is 0 Å². The number of benzene rings is 1. The van der Waals surface area contributed by atoms with Crippen molar-refractivity contribution in [3.8, 4) is 0 Å². The third-order valence-corrected chi connectivity index (χ3v) is 3.34. The van der Waals surface area contributed by atoms with Crippen LogP contribution in [0.1, 0.15) is 32.4 Å². The van der Waals surface area contributed by atoms with Gasteiger partial charge in [-0.15, -0.1) is 0 Å². The van der Waals surface area contributed by atoms with Crippen molar-refractivity contribution in [1.29, 1.82) is 0 Å². The van der Waals surface area contributed by atoms with Crippen LogP contribution >= 0.6 is 0 Å². The van der Waals surface area contributed by atoms with Gasteiger partial charge in [0, 0.05) is 25.8 Å². The molecule has 1 aromatic heterocycles. The van der Waals surface area contributed by atoms with Crippen LogP contribution in [0.3, 0.4) is 0 Å². The number of ether oxygens (including phenoxy) is 2. The molecule has 0 aliphatic rings. The summed E-state index contributed by atoms with van der Waals surface area (Å²) >= 11 is 0. The third-order valence-electron chi connectivity index (χ3n) is 3.34. The Morgan fingerprint density at radius 3 is 2.48 bits per heavy atom. The summed E-state index contributed by atoms with van der Waals surface area (Å²) in [5.74, 6) is 0. The van der Waals surface area contributed by atoms with E-state index in [0.29, 0.717) is 19.8 Å². The van der Waals surface area contributed by atoms with Crippen molar-refractivity contribution in [2.24, 2.45) is 0 Å². The third kappa shape index (κ3) is 4.17. The highest BCUT2D eigenvalue weighted by Gasteiger charge is 2.12. The van der Waals surface area contributed by atoms with E-state index in [4.69, 9.17) is 9.47 Å². The van der Waals surface area contributed by atoms with Crippen molar-refractivity contribution >= 4 is 11.0 Å². The lowest BCUT2D eigenvalue weighted by Gasteiger charge is -2.21. The fraction of sp³-hybridized carbons (Fsp3) is 0.533. The minimum absolute atomic E-state index is 0.135. The molecule has 3 N–H and O–H groups in total. The second-order valence-electron chi connectivity index (χ2n) is 4.85. The Labute approximate surface area is 123 Å². The first-order chi connectivity index (χ1) is 10.1. The number of hydrogen-bond donors (Lipinski definition) is 3. The van der Waals surface area contributed by atoms with E-state index in [1.807, 2.05) is 32.0 Å². The lowest BCUT2D eigenvalue weighted by molar-refractivity contribution is -0.133. The minimum Gasteiger partial charge on any atom is -0.352 e. The molecule has 2 aromatic rings. The van der Waals surface area contributed by atoms with E-state index in [0.717, 1.165) is 16.6 Å². The Hall–Kier alpha value is -1.63. The first kappa shape index (κ1) is 15.8. The summed E-state index contributed by atoms with van der Waals surface area (Å²) in [7, 11) is 0. The van der Waals surface area contributed by atoms with Crippen LogP contribution in [0.2, 0.25) is 0 Å². The van der Waals surface area contributed by atoms with Crippen molar-refractivity contribution in [2.75, 3.05) is 19.8 Å². The van der Waals surface area contributed by atoms with Gasteiger partial charge in [-0.2, -0.15) is 0 Å². The van der Waals surface area contributed by atoms with Crippen LogP contribution in [0.4, 0.5) is 0 Å². The van der Waals surface area contributed by atoms with E-state index in [-0.39, 0.29) is 18.0 Å². The van der Waals surface area contributed by atoms with Crippen LogP contribution in [0, 0.1) is 0 Å². The molecule has 21 heavy (non-hydrogen) atoms. The summed E-state index contributed by atoms with van der Waals surface area (Å²) in [6.45, 7) is 7.83. The second-order valence-corrected chi connectivity index (χ2v) is 4.85. The largest absolute Gasteiger partial charge is 0.352 e. The van der Waals surface area contributed by atoms with Crippen LogP contribution in [0.25, 0.3) is 11.0 Å². The van der Waals surface area contributed by atoms with Crippen LogP contribution in [-0.4, -0.2) is 36.0 Å². The zero-order valence-electron chi connectivity index (χ0n) is 12.7. The molecule has 6 nitrogen and oxygen atoms in total. The second kappa shape index (κ2) is 7.40. The van der Waals surface area contributed by atoms with Crippen molar-refractivity contribution in [3.05, 3.63) is 34.2 Å². The highest BCUT2D eigenvalue weighted by molar-refractivity contribution is 5.75. The van der Waals surface area contributed by atoms with Crippen molar-refractivity contribution < 1.29 is 9.47 Å². The Balaban J connectivity index is 2.00. The Kier molecular flexibility index (Phi) is 5.55. The zero-order chi connectivity index (χ0) is 15.2. The molecule has 0 fully saturated rings. The van der Waals surface area contributed by atoms with E-state index in [1.165, 1.54) is 0 Å². The molecule has 2 rings (SSSR count). The maximum Gasteiger partial charge on any atom is 0.323 e. The molecule has 6 heteroatoms. The molecule has 0 bridgehead atoms. The van der Waals surface area contributed by atoms with E-state index in [9.17, 15) is 4.79 Å². The maximum absolute atomic E-state index is 11.3. The zero-order valence-corrected chi connectivity index (χ0v) is 12.7. The molecular weight excluding hydrogens is 270 g/mol. The molecule has 1 heterocycles. The van der Waals surface area contributed by atoms with Gasteiger partial charge >= 0.3 is 5.69 Å². The van der Waals surface area contributed by atoms with Gasteiger partial charge in [-0.25, -0.2) is 4.79 Å². The van der Waals surface area contributed by atoms with Gasteiger partial charge < -0.3 is 24.8 Å². The molecule has 0 saturated heterocycles. The molecule has 0 saturated carbocycles. The van der Waals surface area contributed by atoms with Gasteiger partial charge in [-0.1, -0.05) is 6.07 Å². The number of hydrogen-bond acceptors (Lipinski definition) is 4. The molecule has 0 spiro atoms. The van der Waals surface area contributed by atoms with E-state index < -0.39 is 0 Å². The predicted octanol–water partition coefficient (Wildman–Crippen LogP) is 1.91. The van der Waals surface area contributed by atoms with Crippen molar-refractivity contribution in [1.82, 2.24) is 15.3 Å². The molecule has 1 aromatic carbocycles. The Morgan fingerprint density at radius 1 is 1.14 bits per heavy atom. The minimum atomic E-state index is -0.238. The van der Waals surface area contributed by atoms with Crippen molar-refractivity contribution in [2.45, 2.75) is 33.1 Å². The smallest absolute Gasteiger partial charge is 0.323 e. The molecule has 1 unspecified atom stereocenters. The molecular formula is C15H23N3O3. The summed E-state index contributed by atoms with van der Waals surface area (Å²) in [6.07, 6.45) is -0.238. The monoisotopic (exact) mass is 293 g/mol. The number of imidazole rings is 1. The quantitative estimate of drug-likeness (QED) is 0.650. The fourth-order valence-electron chi connectivity index (χ4n) is 2.25. The number of aromatic amines is 2. The van der Waals surface area contributed by atoms with Gasteiger partial charge in [0.1, 0.15) is 0 Å². The number of fused-ring (bicyclic) bond motifs is 1. The van der Waals surface area contributed by atoms with E-state index in [1.54, 1.807) is 0 Å². The average Bonchev–Trinajstić information content (AvgIpc) is 2.84. The van der Waals surface area contributed by atoms with Gasteiger partial charge in [0.05, 0.1) is 11.0 Å². The summed E-state index contributed by atoms with van der Waals surface area (Å²) in [5.41, 5.74) is 2.55. The molecule has 0 aliphatic carbocycles. The highest BCUT2D eigenvalue weighted by Crippen LogP contribution is 2.17. The number of aromatic nitrogens is 2. The van der Waals surface area contributed by atoms with Crippen molar-refractivity contribution in [3.63, 3.8) is 0 Å². The molecule has 1 atom stereocenters. The summed E-state index contributed by atoms with van der Waals surface area (Å²) in [6, 6.07) is 6.02. The van der Waals surface area contributed by atoms with Gasteiger partial charge in [0.25, 0.3) is 0 Å². The molecule has 0 aliphatic heterocycles. The SMILES string of the molecule is CCOC(CNC(C)c1ccc2[nH]c(=O)[nH]c2c1)OCC. The lowest BCUT2D eigenvalue weighted by Crippen LogP contribution is -2.33. The average molecular weight is 293 g/mol. The predicted molar refractivity (Wildman–Crippen MR) is 82.4 cm³/mol. The first-order valence-corrected chi connectivity index (χ1v) is 7.32. The molecule has 0 amide bonds. The first-order valence-electron chi connectivity index (χ1n) is 7.32. The lowest BCUT2D eigenvalue weighted by atomic mass is 10.1. The molecule has 116 valence electrons. The topological polar surface area (TPSA) is 79.1 Å². The van der Waals surface area contributed by atoms with Crippen LogP contribution in [-0.2, 0) is 9.47 Å². The fourth-order valence-corrected chi connectivity index (χ4v) is 2.25. The number of nitrogens with one attached hydrogen (secondary N) is 3. The normalized spacial score (nSPS) is 13.1. The van der Waals surface area contributed by atoms with Gasteiger partial charge in [-0.3, -0.25) is 0 Å². The summed E-state index contributed by atoms with van der Waals surface area (Å²) in [4.78, 5) is 16.8. The van der Waals surface area contributed by atoms with Gasteiger partial charge in [0.2, 0.25) is 0 Å². The summed E-state index contributed by atoms with van der Waals surface area (Å²) < 4.78 is 11.0. The number of rotatable bonds is 8. The van der Waals surface area contributed by atoms with E-state index in [2.05, 4.69) is 22.2 Å². The Bertz CT molecular complexity index is 614. The standard InChI is InChI=1S/C15H23N3O3/c1-4-20-14(21-5-2)9-16-10(3)11-6-7-12-13(8-11)18-15(19)17-12/h6-8,10,14,16H,4-5,9H2,1-3H3,(H2,17,18,19). The number of H-pyrrole nitrogens is 2. The van der Waals surface area contributed by atoms with E-state index >= 15 is 0 Å². The highest BCUT2D eigenvalue weighted by atomic mass is 16.7. The molecule has 0 radical (unpaired) electrons. The van der Waals surface area contributed by atoms with Crippen LogP contribution < -0.4 is 11.0 Å². The summed E-state index contributed by atoms with van der Waals surface area (Å²) in [5, 5.41) is 3.39. The van der Waals surface area contributed by atoms with Gasteiger partial charge in [-0.05, 0) is 38.5 Å².